The van der Waals surface area contributed by atoms with E-state index in [2.05, 4.69) is 101 Å². The van der Waals surface area contributed by atoms with Gasteiger partial charge in [0.2, 0.25) is 0 Å². The van der Waals surface area contributed by atoms with E-state index in [1.807, 2.05) is 36.4 Å². The maximum Gasteiger partial charge on any atom is 0.166 e. The van der Waals surface area contributed by atoms with Crippen LogP contribution in [-0.4, -0.2) is 15.9 Å². The Morgan fingerprint density at radius 3 is 1.84 bits per heavy atom. The molecule has 0 fully saturated rings. The van der Waals surface area contributed by atoms with E-state index in [1.54, 1.807) is 0 Å². The second-order valence-corrected chi connectivity index (χ2v) is 14.6. The largest absolute Gasteiger partial charge is 0.505 e. The molecule has 1 aliphatic carbocycles. The molecule has 0 saturated carbocycles. The molecule has 0 unspecified atom stereocenters. The molecule has 4 nitrogen and oxygen atoms in total. The van der Waals surface area contributed by atoms with Gasteiger partial charge in [-0.1, -0.05) is 101 Å². The van der Waals surface area contributed by atoms with Gasteiger partial charge in [0.25, 0.3) is 0 Å². The van der Waals surface area contributed by atoms with Gasteiger partial charge in [0.05, 0.1) is 17.1 Å². The molecule has 0 heterocycles. The number of aliphatic imine (C=N–C) groups is 1. The predicted octanol–water partition coefficient (Wildman–Crippen LogP) is 9.67. The molecule has 2 aromatic rings. The van der Waals surface area contributed by atoms with E-state index in [-0.39, 0.29) is 33.5 Å². The molecular weight excluding hydrogens is 468 g/mol. The minimum atomic E-state index is -0.223. The fourth-order valence-corrected chi connectivity index (χ4v) is 4.39. The van der Waals surface area contributed by atoms with E-state index in [0.717, 1.165) is 33.6 Å². The molecule has 0 spiro atoms. The van der Waals surface area contributed by atoms with Gasteiger partial charge in [0, 0.05) is 11.3 Å². The third-order valence-corrected chi connectivity index (χ3v) is 6.92. The molecule has 0 aliphatic heterocycles. The van der Waals surface area contributed by atoms with Crippen LogP contribution in [0.4, 0.5) is 17.1 Å². The van der Waals surface area contributed by atoms with Gasteiger partial charge in [-0.05, 0) is 68.7 Å². The number of nitrogens with zero attached hydrogens (tertiary/aromatic N) is 1. The van der Waals surface area contributed by atoms with Crippen LogP contribution in [0.1, 0.15) is 94.2 Å². The van der Waals surface area contributed by atoms with Crippen LogP contribution in [0.3, 0.4) is 0 Å². The SMILES string of the molecule is CC(C)(C)C1=CC(=Nc2cccc(Nc3cc(C(C)(C)C)cc(C(C)(C)C)c3O)c2)[C](O)C(C(C)(C)C)=C1. The molecule has 3 rings (SSSR count). The number of benzene rings is 2. The number of phenols is 1. The van der Waals surface area contributed by atoms with Crippen molar-refractivity contribution in [1.82, 2.24) is 0 Å². The number of allylic oxidation sites excluding steroid dienone is 2. The number of hydrogen-bond donors (Lipinski definition) is 3. The first-order chi connectivity index (χ1) is 17.2. The molecule has 2 aromatic carbocycles. The first-order valence-electron chi connectivity index (χ1n) is 13.5. The Bertz CT molecular complexity index is 1280. The van der Waals surface area contributed by atoms with Crippen LogP contribution in [-0.2, 0) is 10.8 Å². The highest BCUT2D eigenvalue weighted by Gasteiger charge is 2.33. The number of aliphatic hydroxyl groups excluding tert-OH is 1. The van der Waals surface area contributed by atoms with Crippen molar-refractivity contribution in [1.29, 1.82) is 0 Å². The Balaban J connectivity index is 2.06. The summed E-state index contributed by atoms with van der Waals surface area (Å²) in [6, 6.07) is 11.9. The number of anilines is 2. The lowest BCUT2D eigenvalue weighted by molar-refractivity contribution is 0.332. The zero-order chi connectivity index (χ0) is 28.8. The van der Waals surface area contributed by atoms with E-state index < -0.39 is 0 Å². The molecular formula is C34H47N2O2. The average Bonchev–Trinajstić information content (AvgIpc) is 2.73. The topological polar surface area (TPSA) is 64.9 Å². The fourth-order valence-electron chi connectivity index (χ4n) is 4.39. The lowest BCUT2D eigenvalue weighted by Gasteiger charge is -2.33. The van der Waals surface area contributed by atoms with Crippen LogP contribution in [0, 0.1) is 16.9 Å². The Morgan fingerprint density at radius 1 is 0.684 bits per heavy atom. The molecule has 38 heavy (non-hydrogen) atoms. The maximum absolute atomic E-state index is 11.2. The fraction of sp³-hybridized carbons (Fsp3) is 0.471. The summed E-state index contributed by atoms with van der Waals surface area (Å²) >= 11 is 0. The van der Waals surface area contributed by atoms with Gasteiger partial charge < -0.3 is 15.5 Å². The lowest BCUT2D eigenvalue weighted by Crippen LogP contribution is -2.27. The maximum atomic E-state index is 11.2. The molecule has 0 atom stereocenters. The van der Waals surface area contributed by atoms with Crippen molar-refractivity contribution in [2.24, 2.45) is 15.8 Å². The van der Waals surface area contributed by atoms with Crippen molar-refractivity contribution < 1.29 is 10.2 Å². The van der Waals surface area contributed by atoms with Crippen molar-refractivity contribution in [3.8, 4) is 5.75 Å². The van der Waals surface area contributed by atoms with Gasteiger partial charge in [-0.2, -0.15) is 0 Å². The summed E-state index contributed by atoms with van der Waals surface area (Å²) in [6.07, 6.45) is 4.30. The third-order valence-electron chi connectivity index (χ3n) is 6.92. The molecule has 0 amide bonds. The summed E-state index contributed by atoms with van der Waals surface area (Å²) < 4.78 is 0. The van der Waals surface area contributed by atoms with Crippen LogP contribution < -0.4 is 5.32 Å². The van der Waals surface area contributed by atoms with Crippen molar-refractivity contribution in [3.63, 3.8) is 0 Å². The summed E-state index contributed by atoms with van der Waals surface area (Å²) in [6.45, 7) is 25.7. The van der Waals surface area contributed by atoms with E-state index in [9.17, 15) is 10.2 Å². The summed E-state index contributed by atoms with van der Waals surface area (Å²) in [5.41, 5.74) is 6.27. The standard InChI is InChI=1S/C34H47N2O2/c1-31(2,3)21-16-25(33(7,8)9)29(37)27(18-21)35-23-14-13-15-24(20-23)36-28-19-22(32(4,5)6)17-26(30(28)38)34(10,11)12/h13-20,35,37-38H,1-12H3. The highest BCUT2D eigenvalue weighted by Crippen LogP contribution is 2.43. The molecule has 0 bridgehead atoms. The highest BCUT2D eigenvalue weighted by molar-refractivity contribution is 6.10. The molecule has 1 aliphatic rings. The van der Waals surface area contributed by atoms with Crippen LogP contribution in [0.25, 0.3) is 0 Å². The summed E-state index contributed by atoms with van der Waals surface area (Å²) in [4.78, 5) is 4.87. The van der Waals surface area contributed by atoms with Gasteiger partial charge in [0.1, 0.15) is 5.75 Å². The first kappa shape index (κ1) is 29.7. The van der Waals surface area contributed by atoms with E-state index >= 15 is 0 Å². The number of nitrogens with one attached hydrogen (secondary N) is 1. The van der Waals surface area contributed by atoms with Gasteiger partial charge >= 0.3 is 0 Å². The van der Waals surface area contributed by atoms with Crippen LogP contribution >= 0.6 is 0 Å². The molecule has 0 saturated heterocycles. The highest BCUT2D eigenvalue weighted by atomic mass is 16.3. The second kappa shape index (κ2) is 10.0. The van der Waals surface area contributed by atoms with Crippen molar-refractivity contribution in [2.45, 2.75) is 93.9 Å². The quantitative estimate of drug-likeness (QED) is 0.356. The molecule has 3 N–H and O–H groups in total. The number of aliphatic hydroxyl groups is 1. The minimum absolute atomic E-state index is 0.0678. The number of phenolic OH excluding ortho intramolecular Hbond substituents is 1. The Kier molecular flexibility index (Phi) is 7.84. The molecule has 205 valence electrons. The predicted molar refractivity (Wildman–Crippen MR) is 163 cm³/mol. The van der Waals surface area contributed by atoms with E-state index in [4.69, 9.17) is 4.99 Å². The Labute approximate surface area is 230 Å². The zero-order valence-electron chi connectivity index (χ0n) is 25.5. The normalized spacial score (nSPS) is 16.9. The van der Waals surface area contributed by atoms with E-state index in [0.29, 0.717) is 11.4 Å². The Hall–Kier alpha value is -2.85. The van der Waals surface area contributed by atoms with E-state index in [1.165, 1.54) is 0 Å². The number of hydrogen-bond acceptors (Lipinski definition) is 4. The van der Waals surface area contributed by atoms with Crippen molar-refractivity contribution in [3.05, 3.63) is 76.9 Å². The molecule has 0 aromatic heterocycles. The van der Waals surface area contributed by atoms with Crippen molar-refractivity contribution in [2.75, 3.05) is 5.32 Å². The third kappa shape index (κ3) is 6.77. The van der Waals surface area contributed by atoms with Crippen molar-refractivity contribution >= 4 is 22.8 Å². The smallest absolute Gasteiger partial charge is 0.166 e. The minimum Gasteiger partial charge on any atom is -0.505 e. The molecule has 1 radical (unpaired) electrons. The zero-order valence-corrected chi connectivity index (χ0v) is 25.5. The second-order valence-electron chi connectivity index (χ2n) is 14.6. The molecule has 4 heteroatoms. The average molecular weight is 516 g/mol. The summed E-state index contributed by atoms with van der Waals surface area (Å²) in [5, 5.41) is 25.8. The summed E-state index contributed by atoms with van der Waals surface area (Å²) in [5.74, 6) is 0.262. The lowest BCUT2D eigenvalue weighted by atomic mass is 9.73. The van der Waals surface area contributed by atoms with Crippen LogP contribution in [0.5, 0.6) is 5.75 Å². The van der Waals surface area contributed by atoms with Gasteiger partial charge in [0.15, 0.2) is 6.10 Å². The Morgan fingerprint density at radius 2 is 1.32 bits per heavy atom. The summed E-state index contributed by atoms with van der Waals surface area (Å²) in [7, 11) is 0. The number of aromatic hydroxyl groups is 1. The van der Waals surface area contributed by atoms with Gasteiger partial charge in [-0.3, -0.25) is 0 Å². The first-order valence-corrected chi connectivity index (χ1v) is 13.5. The van der Waals surface area contributed by atoms with Crippen LogP contribution in [0.15, 0.2) is 64.7 Å². The number of rotatable bonds is 3. The van der Waals surface area contributed by atoms with Gasteiger partial charge in [-0.15, -0.1) is 0 Å². The van der Waals surface area contributed by atoms with Gasteiger partial charge in [-0.25, -0.2) is 4.99 Å². The van der Waals surface area contributed by atoms with Crippen LogP contribution in [0.2, 0.25) is 0 Å². The monoisotopic (exact) mass is 515 g/mol.